The first-order valence-corrected chi connectivity index (χ1v) is 11.1. The molecular formula is C19H37N3O11. The van der Waals surface area contributed by atoms with Crippen LogP contribution in [0.4, 0.5) is 0 Å². The second kappa shape index (κ2) is 11.5. The Morgan fingerprint density at radius 3 is 2.03 bits per heavy atom. The minimum Gasteiger partial charge on any atom is -0.394 e. The van der Waals surface area contributed by atoms with Crippen molar-refractivity contribution in [1.82, 2.24) is 0 Å². The molecule has 0 aromatic rings. The second-order valence-electron chi connectivity index (χ2n) is 8.94. The van der Waals surface area contributed by atoms with E-state index in [9.17, 15) is 35.7 Å². The van der Waals surface area contributed by atoms with Crippen molar-refractivity contribution in [3.05, 3.63) is 0 Å². The van der Waals surface area contributed by atoms with Crippen molar-refractivity contribution in [2.24, 2.45) is 17.2 Å². The summed E-state index contributed by atoms with van der Waals surface area (Å²) in [6.07, 6.45) is -14.7. The normalized spacial score (nSPS) is 51.8. The zero-order chi connectivity index (χ0) is 24.4. The molecule has 194 valence electrons. The monoisotopic (exact) mass is 483 g/mol. The van der Waals surface area contributed by atoms with Gasteiger partial charge in [-0.15, -0.1) is 0 Å². The van der Waals surface area contributed by atoms with E-state index >= 15 is 0 Å². The predicted octanol–water partition coefficient (Wildman–Crippen LogP) is -5.84. The van der Waals surface area contributed by atoms with Crippen LogP contribution in [0, 0.1) is 0 Å². The zero-order valence-electron chi connectivity index (χ0n) is 18.1. The van der Waals surface area contributed by atoms with Gasteiger partial charge in [0.2, 0.25) is 0 Å². The van der Waals surface area contributed by atoms with E-state index in [-0.39, 0.29) is 19.4 Å². The molecule has 0 aromatic heterocycles. The van der Waals surface area contributed by atoms with Crippen molar-refractivity contribution in [1.29, 1.82) is 0 Å². The van der Waals surface area contributed by atoms with Gasteiger partial charge < -0.3 is 71.9 Å². The molecule has 2 saturated heterocycles. The standard InChI is InChI=1S/C19H37N3O11/c20-4-10-13(26)15(28)16(29)19(31-10)30-9-2-1-6(21)17(14(9)27)33-18-8(24)3-7(22)12(25)11(5-23)32-18/h6-19,23-29H,1-5,20-22H2. The molecule has 2 aliphatic heterocycles. The molecule has 3 aliphatic rings. The Hall–Kier alpha value is -0.560. The molecular weight excluding hydrogens is 446 g/mol. The van der Waals surface area contributed by atoms with Crippen molar-refractivity contribution in [3.63, 3.8) is 0 Å². The Morgan fingerprint density at radius 2 is 1.39 bits per heavy atom. The van der Waals surface area contributed by atoms with Crippen molar-refractivity contribution < 1.29 is 54.7 Å². The van der Waals surface area contributed by atoms with Crippen LogP contribution in [-0.2, 0) is 18.9 Å². The minimum atomic E-state index is -1.59. The Kier molecular flexibility index (Phi) is 9.38. The third-order valence-corrected chi connectivity index (χ3v) is 6.56. The molecule has 14 nitrogen and oxygen atoms in total. The first-order valence-electron chi connectivity index (χ1n) is 11.1. The van der Waals surface area contributed by atoms with Crippen LogP contribution < -0.4 is 17.2 Å². The molecule has 0 aromatic carbocycles. The van der Waals surface area contributed by atoms with Crippen LogP contribution in [0.15, 0.2) is 0 Å². The predicted molar refractivity (Wildman–Crippen MR) is 109 cm³/mol. The first-order chi connectivity index (χ1) is 15.6. The summed E-state index contributed by atoms with van der Waals surface area (Å²) < 4.78 is 22.5. The van der Waals surface area contributed by atoms with Gasteiger partial charge in [-0.25, -0.2) is 0 Å². The Morgan fingerprint density at radius 1 is 0.727 bits per heavy atom. The topological polar surface area (TPSA) is 257 Å². The van der Waals surface area contributed by atoms with E-state index in [1.54, 1.807) is 0 Å². The highest BCUT2D eigenvalue weighted by Gasteiger charge is 2.48. The maximum Gasteiger partial charge on any atom is 0.187 e. The number of aliphatic hydroxyl groups is 7. The lowest BCUT2D eigenvalue weighted by molar-refractivity contribution is -0.323. The van der Waals surface area contributed by atoms with E-state index in [2.05, 4.69) is 0 Å². The minimum absolute atomic E-state index is 0.0802. The second-order valence-corrected chi connectivity index (χ2v) is 8.94. The van der Waals surface area contributed by atoms with E-state index < -0.39 is 92.3 Å². The molecule has 3 rings (SSSR count). The average Bonchev–Trinajstić information content (AvgIpc) is 2.89. The SMILES string of the molecule is NCC1OC(OC2CCC(N)C(OC3OC(CO)C(O)C(N)CC3O)C2O)C(O)C(O)C1O. The van der Waals surface area contributed by atoms with Gasteiger partial charge in [0.05, 0.1) is 18.8 Å². The number of hydrogen-bond acceptors (Lipinski definition) is 14. The van der Waals surface area contributed by atoms with E-state index in [0.29, 0.717) is 6.42 Å². The summed E-state index contributed by atoms with van der Waals surface area (Å²) in [4.78, 5) is 0. The summed E-state index contributed by atoms with van der Waals surface area (Å²) in [6, 6.07) is -1.54. The molecule has 14 atom stereocenters. The van der Waals surface area contributed by atoms with Gasteiger partial charge in [0, 0.05) is 18.6 Å². The van der Waals surface area contributed by atoms with Crippen LogP contribution in [0.2, 0.25) is 0 Å². The summed E-state index contributed by atoms with van der Waals surface area (Å²) in [6.45, 7) is -0.703. The Bertz CT molecular complexity index is 620. The van der Waals surface area contributed by atoms with E-state index in [0.717, 1.165) is 0 Å². The van der Waals surface area contributed by atoms with Crippen LogP contribution in [0.25, 0.3) is 0 Å². The summed E-state index contributed by atoms with van der Waals surface area (Å²) in [5.41, 5.74) is 17.5. The van der Waals surface area contributed by atoms with Gasteiger partial charge in [0.1, 0.15) is 48.8 Å². The quantitative estimate of drug-likeness (QED) is 0.169. The smallest absolute Gasteiger partial charge is 0.187 e. The molecule has 1 saturated carbocycles. The molecule has 1 aliphatic carbocycles. The number of hydrogen-bond donors (Lipinski definition) is 10. The maximum atomic E-state index is 10.9. The third-order valence-electron chi connectivity index (χ3n) is 6.56. The fraction of sp³-hybridized carbons (Fsp3) is 1.00. The number of rotatable bonds is 6. The fourth-order valence-corrected chi connectivity index (χ4v) is 4.46. The van der Waals surface area contributed by atoms with E-state index in [1.165, 1.54) is 0 Å². The van der Waals surface area contributed by atoms with Crippen LogP contribution in [0.3, 0.4) is 0 Å². The highest BCUT2D eigenvalue weighted by atomic mass is 16.7. The van der Waals surface area contributed by atoms with Gasteiger partial charge >= 0.3 is 0 Å². The lowest BCUT2D eigenvalue weighted by Gasteiger charge is -2.45. The van der Waals surface area contributed by atoms with Crippen molar-refractivity contribution in [3.8, 4) is 0 Å². The molecule has 0 amide bonds. The molecule has 0 bridgehead atoms. The first kappa shape index (κ1) is 27.0. The lowest BCUT2D eigenvalue weighted by Crippen LogP contribution is -2.62. The summed E-state index contributed by atoms with van der Waals surface area (Å²) in [5, 5.41) is 71.2. The van der Waals surface area contributed by atoms with Crippen molar-refractivity contribution in [2.75, 3.05) is 13.2 Å². The van der Waals surface area contributed by atoms with Gasteiger partial charge in [0.25, 0.3) is 0 Å². The average molecular weight is 484 g/mol. The molecule has 3 fully saturated rings. The van der Waals surface area contributed by atoms with Gasteiger partial charge in [-0.1, -0.05) is 0 Å². The molecule has 33 heavy (non-hydrogen) atoms. The van der Waals surface area contributed by atoms with Crippen LogP contribution >= 0.6 is 0 Å². The number of nitrogens with two attached hydrogens (primary N) is 3. The molecule has 13 N–H and O–H groups in total. The van der Waals surface area contributed by atoms with E-state index in [4.69, 9.17) is 36.1 Å². The zero-order valence-corrected chi connectivity index (χ0v) is 18.1. The summed E-state index contributed by atoms with van der Waals surface area (Å²) in [7, 11) is 0. The molecule has 14 heteroatoms. The van der Waals surface area contributed by atoms with Crippen LogP contribution in [-0.4, -0.2) is 135 Å². The Balaban J connectivity index is 1.68. The van der Waals surface area contributed by atoms with Gasteiger partial charge in [-0.2, -0.15) is 0 Å². The molecule has 2 heterocycles. The lowest BCUT2D eigenvalue weighted by atomic mass is 9.87. The van der Waals surface area contributed by atoms with Gasteiger partial charge in [-0.3, -0.25) is 0 Å². The highest BCUT2D eigenvalue weighted by Crippen LogP contribution is 2.31. The van der Waals surface area contributed by atoms with E-state index in [1.807, 2.05) is 0 Å². The molecule has 0 spiro atoms. The highest BCUT2D eigenvalue weighted by molar-refractivity contribution is 4.96. The van der Waals surface area contributed by atoms with Crippen molar-refractivity contribution in [2.45, 2.75) is 105 Å². The molecule has 0 radical (unpaired) electrons. The number of ether oxygens (including phenoxy) is 4. The van der Waals surface area contributed by atoms with Crippen LogP contribution in [0.5, 0.6) is 0 Å². The number of aliphatic hydroxyl groups excluding tert-OH is 7. The summed E-state index contributed by atoms with van der Waals surface area (Å²) in [5.74, 6) is 0. The van der Waals surface area contributed by atoms with Gasteiger partial charge in [0.15, 0.2) is 12.6 Å². The fourth-order valence-electron chi connectivity index (χ4n) is 4.46. The Labute approximate surface area is 190 Å². The van der Waals surface area contributed by atoms with Crippen molar-refractivity contribution >= 4 is 0 Å². The molecule has 14 unspecified atom stereocenters. The van der Waals surface area contributed by atoms with Crippen LogP contribution in [0.1, 0.15) is 19.3 Å². The van der Waals surface area contributed by atoms with Gasteiger partial charge in [-0.05, 0) is 19.3 Å². The third kappa shape index (κ3) is 5.82. The maximum absolute atomic E-state index is 10.9. The summed E-state index contributed by atoms with van der Waals surface area (Å²) >= 11 is 0. The largest absolute Gasteiger partial charge is 0.394 e.